The maximum atomic E-state index is 12.9. The fourth-order valence-electron chi connectivity index (χ4n) is 4.77. The topological polar surface area (TPSA) is 122 Å². The van der Waals surface area contributed by atoms with Crippen LogP contribution in [0.1, 0.15) is 58.8 Å². The van der Waals surface area contributed by atoms with Crippen molar-refractivity contribution in [2.75, 3.05) is 32.8 Å². The second-order valence-electron chi connectivity index (χ2n) is 8.82. The number of ether oxygens (including phenoxy) is 2. The highest BCUT2D eigenvalue weighted by Gasteiger charge is 2.52. The molecule has 0 atom stereocenters. The Kier molecular flexibility index (Phi) is 7.73. The molecule has 3 rings (SSSR count). The monoisotopic (exact) mass is 451 g/mol. The van der Waals surface area contributed by atoms with E-state index in [0.717, 1.165) is 24.2 Å². The number of piperidine rings is 1. The predicted molar refractivity (Wildman–Crippen MR) is 112 cm³/mol. The van der Waals surface area contributed by atoms with E-state index in [1.807, 2.05) is 0 Å². The number of likely N-dealkylation sites (tertiary alicyclic amines) is 1. The molecule has 0 unspecified atom stereocenters. The van der Waals surface area contributed by atoms with E-state index in [2.05, 4.69) is 12.2 Å². The summed E-state index contributed by atoms with van der Waals surface area (Å²) in [5.41, 5.74) is -0.915. The zero-order chi connectivity index (χ0) is 23.3. The van der Waals surface area contributed by atoms with Gasteiger partial charge in [-0.1, -0.05) is 13.3 Å². The minimum atomic E-state index is -0.915. The third kappa shape index (κ3) is 5.21. The molecule has 2 aliphatic heterocycles. The molecule has 3 fully saturated rings. The van der Waals surface area contributed by atoms with Gasteiger partial charge in [-0.15, -0.1) is 0 Å². The van der Waals surface area contributed by atoms with Crippen molar-refractivity contribution in [3.8, 4) is 0 Å². The van der Waals surface area contributed by atoms with Gasteiger partial charge in [0.05, 0.1) is 12.5 Å². The van der Waals surface area contributed by atoms with Gasteiger partial charge in [-0.3, -0.25) is 24.1 Å². The molecular weight excluding hydrogens is 418 g/mol. The summed E-state index contributed by atoms with van der Waals surface area (Å²) in [6, 6.07) is -0.589. The van der Waals surface area contributed by atoms with E-state index in [0.29, 0.717) is 51.3 Å². The van der Waals surface area contributed by atoms with Crippen molar-refractivity contribution in [1.82, 2.24) is 15.1 Å². The van der Waals surface area contributed by atoms with Gasteiger partial charge in [0, 0.05) is 13.1 Å². The number of nitrogens with one attached hydrogen (secondary N) is 1. The molecule has 1 spiro atoms. The van der Waals surface area contributed by atoms with Crippen LogP contribution < -0.4 is 5.32 Å². The van der Waals surface area contributed by atoms with Gasteiger partial charge in [0.2, 0.25) is 0 Å². The molecule has 1 saturated carbocycles. The lowest BCUT2D eigenvalue weighted by Crippen LogP contribution is -2.49. The summed E-state index contributed by atoms with van der Waals surface area (Å²) in [4.78, 5) is 64.0. The van der Waals surface area contributed by atoms with Crippen LogP contribution in [0.15, 0.2) is 0 Å². The summed E-state index contributed by atoms with van der Waals surface area (Å²) in [5.74, 6) is -1.48. The molecule has 0 aromatic heterocycles. The van der Waals surface area contributed by atoms with Gasteiger partial charge in [0.15, 0.2) is 6.61 Å². The number of carbonyl (C=O) groups excluding carboxylic acids is 5. The predicted octanol–water partition coefficient (Wildman–Crippen LogP) is 1.22. The van der Waals surface area contributed by atoms with Crippen LogP contribution in [0.5, 0.6) is 0 Å². The number of nitrogens with zero attached hydrogens (tertiary/aromatic N) is 2. The van der Waals surface area contributed by atoms with Gasteiger partial charge in [-0.25, -0.2) is 4.79 Å². The quantitative estimate of drug-likeness (QED) is 0.456. The van der Waals surface area contributed by atoms with E-state index in [1.165, 1.54) is 4.90 Å². The Hall–Kier alpha value is -2.65. The average Bonchev–Trinajstić information content (AvgIpc) is 3.02. The number of esters is 2. The van der Waals surface area contributed by atoms with Gasteiger partial charge in [-0.05, 0) is 51.4 Å². The van der Waals surface area contributed by atoms with Gasteiger partial charge in [0.25, 0.3) is 11.8 Å². The van der Waals surface area contributed by atoms with E-state index < -0.39 is 30.7 Å². The molecule has 3 aliphatic rings. The summed E-state index contributed by atoms with van der Waals surface area (Å²) in [5, 5.41) is 2.77. The fraction of sp³-hybridized carbons (Fsp3) is 0.773. The minimum Gasteiger partial charge on any atom is -0.466 e. The number of amides is 4. The highest BCUT2D eigenvalue weighted by atomic mass is 16.5. The van der Waals surface area contributed by atoms with Crippen molar-refractivity contribution in [3.63, 3.8) is 0 Å². The molecule has 2 heterocycles. The zero-order valence-corrected chi connectivity index (χ0v) is 18.9. The van der Waals surface area contributed by atoms with E-state index in [-0.39, 0.29) is 23.7 Å². The lowest BCUT2D eigenvalue weighted by atomic mass is 9.75. The van der Waals surface area contributed by atoms with Crippen LogP contribution in [0.2, 0.25) is 0 Å². The Morgan fingerprint density at radius 3 is 2.28 bits per heavy atom. The van der Waals surface area contributed by atoms with Crippen molar-refractivity contribution < 1.29 is 33.4 Å². The van der Waals surface area contributed by atoms with E-state index >= 15 is 0 Å². The fourth-order valence-corrected chi connectivity index (χ4v) is 4.77. The Bertz CT molecular complexity index is 753. The molecule has 32 heavy (non-hydrogen) atoms. The number of rotatable bonds is 7. The van der Waals surface area contributed by atoms with E-state index in [1.54, 1.807) is 6.92 Å². The first-order valence-electron chi connectivity index (χ1n) is 11.5. The first kappa shape index (κ1) is 24.0. The molecule has 178 valence electrons. The lowest BCUT2D eigenvalue weighted by Gasteiger charge is -2.34. The number of urea groups is 1. The van der Waals surface area contributed by atoms with E-state index in [4.69, 9.17) is 9.47 Å². The van der Waals surface area contributed by atoms with Crippen LogP contribution in [-0.4, -0.2) is 78.0 Å². The molecule has 0 aromatic carbocycles. The molecule has 0 radical (unpaired) electrons. The third-order valence-electron chi connectivity index (χ3n) is 6.89. The van der Waals surface area contributed by atoms with Crippen LogP contribution in [0, 0.1) is 11.8 Å². The second-order valence-corrected chi connectivity index (χ2v) is 8.82. The molecule has 2 saturated heterocycles. The zero-order valence-electron chi connectivity index (χ0n) is 18.9. The number of imide groups is 1. The standard InChI is InChI=1S/C22H33N3O7/c1-3-15-5-9-22(10-6-15)20(29)25(21(30)23-22)13-18(27)32-14-17(26)24-11-7-16(8-12-24)19(28)31-4-2/h15-16H,3-14H2,1-2H3,(H,23,30). The Morgan fingerprint density at radius 2 is 1.69 bits per heavy atom. The Morgan fingerprint density at radius 1 is 1.03 bits per heavy atom. The molecule has 1 aliphatic carbocycles. The summed E-state index contributed by atoms with van der Waals surface area (Å²) < 4.78 is 10.1. The molecule has 4 amide bonds. The smallest absolute Gasteiger partial charge is 0.326 e. The average molecular weight is 452 g/mol. The van der Waals surface area contributed by atoms with E-state index in [9.17, 15) is 24.0 Å². The molecular formula is C22H33N3O7. The third-order valence-corrected chi connectivity index (χ3v) is 6.89. The maximum Gasteiger partial charge on any atom is 0.326 e. The van der Waals surface area contributed by atoms with Crippen LogP contribution in [0.25, 0.3) is 0 Å². The van der Waals surface area contributed by atoms with Gasteiger partial charge in [-0.2, -0.15) is 0 Å². The Labute approximate surface area is 187 Å². The minimum absolute atomic E-state index is 0.221. The summed E-state index contributed by atoms with van der Waals surface area (Å²) in [6.45, 7) is 3.98. The van der Waals surface area contributed by atoms with Crippen molar-refractivity contribution in [1.29, 1.82) is 0 Å². The SMILES string of the molecule is CCOC(=O)C1CCN(C(=O)COC(=O)CN2C(=O)NC3(CCC(CC)CC3)C2=O)CC1. The van der Waals surface area contributed by atoms with Gasteiger partial charge < -0.3 is 19.7 Å². The first-order chi connectivity index (χ1) is 15.3. The van der Waals surface area contributed by atoms with Crippen molar-refractivity contribution in [3.05, 3.63) is 0 Å². The lowest BCUT2D eigenvalue weighted by molar-refractivity contribution is -0.156. The summed E-state index contributed by atoms with van der Waals surface area (Å²) in [6.07, 6.45) is 4.92. The van der Waals surface area contributed by atoms with Crippen LogP contribution >= 0.6 is 0 Å². The molecule has 10 nitrogen and oxygen atoms in total. The highest BCUT2D eigenvalue weighted by molar-refractivity contribution is 6.08. The van der Waals surface area contributed by atoms with Gasteiger partial charge >= 0.3 is 18.0 Å². The van der Waals surface area contributed by atoms with Gasteiger partial charge in [0.1, 0.15) is 12.1 Å². The van der Waals surface area contributed by atoms with Crippen LogP contribution in [0.3, 0.4) is 0 Å². The molecule has 1 N–H and O–H groups in total. The number of hydrogen-bond acceptors (Lipinski definition) is 7. The normalized spacial score (nSPS) is 26.2. The summed E-state index contributed by atoms with van der Waals surface area (Å²) >= 11 is 0. The molecule has 10 heteroatoms. The van der Waals surface area contributed by atoms with Crippen molar-refractivity contribution in [2.24, 2.45) is 11.8 Å². The molecule has 0 bridgehead atoms. The van der Waals surface area contributed by atoms with Crippen molar-refractivity contribution >= 4 is 29.8 Å². The number of carbonyl (C=O) groups is 5. The maximum absolute atomic E-state index is 12.9. The molecule has 0 aromatic rings. The number of hydrogen-bond donors (Lipinski definition) is 1. The second kappa shape index (κ2) is 10.3. The van der Waals surface area contributed by atoms with Crippen LogP contribution in [0.4, 0.5) is 4.79 Å². The highest BCUT2D eigenvalue weighted by Crippen LogP contribution is 2.37. The van der Waals surface area contributed by atoms with Crippen LogP contribution in [-0.2, 0) is 28.7 Å². The Balaban J connectivity index is 1.43. The first-order valence-corrected chi connectivity index (χ1v) is 11.5. The summed E-state index contributed by atoms with van der Waals surface area (Å²) in [7, 11) is 0. The largest absolute Gasteiger partial charge is 0.466 e. The van der Waals surface area contributed by atoms with Crippen molar-refractivity contribution in [2.45, 2.75) is 64.3 Å².